The minimum atomic E-state index is -0.496. The zero-order valence-electron chi connectivity index (χ0n) is 19.7. The number of aliphatic imine (C=N–C) groups is 1. The maximum absolute atomic E-state index is 12.6. The summed E-state index contributed by atoms with van der Waals surface area (Å²) >= 11 is 1.37. The highest BCUT2D eigenvalue weighted by Crippen LogP contribution is 2.31. The molecule has 1 unspecified atom stereocenters. The SMILES string of the molecule is COc1cccc(CNC(=O)c2ccc(NC(=O)CC3SC(N4CCCC4)=NC3=O)cc2)c1OC. The van der Waals surface area contributed by atoms with Crippen LogP contribution in [0.25, 0.3) is 0 Å². The molecule has 35 heavy (non-hydrogen) atoms. The normalized spacial score (nSPS) is 17.2. The fourth-order valence-corrected chi connectivity index (χ4v) is 5.13. The number of hydrogen-bond acceptors (Lipinski definition) is 7. The Morgan fingerprint density at radius 2 is 1.83 bits per heavy atom. The van der Waals surface area contributed by atoms with Crippen molar-refractivity contribution in [1.82, 2.24) is 10.2 Å². The number of nitrogens with zero attached hydrogens (tertiary/aromatic N) is 2. The molecule has 1 atom stereocenters. The van der Waals surface area contributed by atoms with Gasteiger partial charge in [0.1, 0.15) is 5.25 Å². The van der Waals surface area contributed by atoms with Gasteiger partial charge in [-0.25, -0.2) is 0 Å². The van der Waals surface area contributed by atoms with Crippen molar-refractivity contribution in [1.29, 1.82) is 0 Å². The van der Waals surface area contributed by atoms with E-state index in [0.717, 1.165) is 36.7 Å². The molecule has 4 rings (SSSR count). The zero-order chi connectivity index (χ0) is 24.8. The number of amidine groups is 1. The summed E-state index contributed by atoms with van der Waals surface area (Å²) in [5.41, 5.74) is 1.80. The predicted molar refractivity (Wildman–Crippen MR) is 135 cm³/mol. The van der Waals surface area contributed by atoms with Crippen LogP contribution in [0.3, 0.4) is 0 Å². The first kappa shape index (κ1) is 24.6. The second-order valence-corrected chi connectivity index (χ2v) is 9.37. The third-order valence-electron chi connectivity index (χ3n) is 5.83. The highest BCUT2D eigenvalue weighted by atomic mass is 32.2. The Balaban J connectivity index is 1.28. The number of hydrogen-bond donors (Lipinski definition) is 2. The van der Waals surface area contributed by atoms with E-state index in [1.54, 1.807) is 44.6 Å². The molecule has 0 aromatic heterocycles. The molecule has 9 nitrogen and oxygen atoms in total. The highest BCUT2D eigenvalue weighted by molar-refractivity contribution is 8.15. The van der Waals surface area contributed by atoms with Gasteiger partial charge in [0.2, 0.25) is 5.91 Å². The van der Waals surface area contributed by atoms with Crippen molar-refractivity contribution in [3.05, 3.63) is 53.6 Å². The molecule has 1 fully saturated rings. The lowest BCUT2D eigenvalue weighted by Crippen LogP contribution is -2.25. The average Bonchev–Trinajstić information content (AvgIpc) is 3.53. The first-order chi connectivity index (χ1) is 17.0. The maximum Gasteiger partial charge on any atom is 0.262 e. The van der Waals surface area contributed by atoms with E-state index in [4.69, 9.17) is 9.47 Å². The summed E-state index contributed by atoms with van der Waals surface area (Å²) in [4.78, 5) is 43.5. The highest BCUT2D eigenvalue weighted by Gasteiger charge is 2.33. The second-order valence-electron chi connectivity index (χ2n) is 8.20. The number of anilines is 1. The van der Waals surface area contributed by atoms with Gasteiger partial charge in [0, 0.05) is 42.9 Å². The van der Waals surface area contributed by atoms with Gasteiger partial charge in [-0.05, 0) is 43.2 Å². The molecule has 0 spiro atoms. The molecule has 2 aliphatic heterocycles. The van der Waals surface area contributed by atoms with Gasteiger partial charge in [0.15, 0.2) is 16.7 Å². The smallest absolute Gasteiger partial charge is 0.262 e. The molecule has 2 N–H and O–H groups in total. The van der Waals surface area contributed by atoms with Crippen LogP contribution in [-0.2, 0) is 16.1 Å². The summed E-state index contributed by atoms with van der Waals surface area (Å²) < 4.78 is 10.7. The molecule has 0 saturated carbocycles. The van der Waals surface area contributed by atoms with Gasteiger partial charge in [-0.15, -0.1) is 0 Å². The third kappa shape index (κ3) is 5.94. The van der Waals surface area contributed by atoms with Crippen LogP contribution in [0.15, 0.2) is 47.5 Å². The Labute approximate surface area is 208 Å². The van der Waals surface area contributed by atoms with Gasteiger partial charge >= 0.3 is 0 Å². The molecule has 10 heteroatoms. The fourth-order valence-electron chi connectivity index (χ4n) is 4.01. The van der Waals surface area contributed by atoms with E-state index in [1.807, 2.05) is 12.1 Å². The summed E-state index contributed by atoms with van der Waals surface area (Å²) in [5, 5.41) is 5.89. The molecule has 0 radical (unpaired) electrons. The molecule has 2 aromatic carbocycles. The van der Waals surface area contributed by atoms with Gasteiger partial charge in [-0.1, -0.05) is 23.9 Å². The van der Waals surface area contributed by atoms with Crippen LogP contribution in [0.2, 0.25) is 0 Å². The van der Waals surface area contributed by atoms with Crippen LogP contribution >= 0.6 is 11.8 Å². The maximum atomic E-state index is 12.6. The van der Waals surface area contributed by atoms with Crippen molar-refractivity contribution in [3.63, 3.8) is 0 Å². The summed E-state index contributed by atoms with van der Waals surface area (Å²) in [6.45, 7) is 2.09. The number of thioether (sulfide) groups is 1. The molecule has 2 heterocycles. The number of nitrogens with one attached hydrogen (secondary N) is 2. The Kier molecular flexibility index (Phi) is 7.91. The zero-order valence-corrected chi connectivity index (χ0v) is 20.5. The standard InChI is InChI=1S/C25H28N4O5S/c1-33-19-7-5-6-17(22(19)34-2)15-26-23(31)16-8-10-18(11-9-16)27-21(30)14-20-24(32)28-25(35-20)29-12-3-4-13-29/h5-11,20H,3-4,12-15H2,1-2H3,(H,26,31)(H,27,30). The van der Waals surface area contributed by atoms with Crippen molar-refractivity contribution < 1.29 is 23.9 Å². The molecular weight excluding hydrogens is 468 g/mol. The van der Waals surface area contributed by atoms with E-state index in [9.17, 15) is 14.4 Å². The molecule has 1 saturated heterocycles. The Morgan fingerprint density at radius 1 is 1.09 bits per heavy atom. The molecule has 0 aliphatic carbocycles. The summed E-state index contributed by atoms with van der Waals surface area (Å²) in [6, 6.07) is 12.1. The Morgan fingerprint density at radius 3 is 2.51 bits per heavy atom. The largest absolute Gasteiger partial charge is 0.493 e. The second kappa shape index (κ2) is 11.3. The van der Waals surface area contributed by atoms with Crippen LogP contribution in [0, 0.1) is 0 Å². The van der Waals surface area contributed by atoms with Crippen LogP contribution in [0.1, 0.15) is 35.2 Å². The van der Waals surface area contributed by atoms with E-state index in [-0.39, 0.29) is 30.7 Å². The lowest BCUT2D eigenvalue weighted by atomic mass is 10.1. The van der Waals surface area contributed by atoms with Gasteiger partial charge in [0.25, 0.3) is 11.8 Å². The fraction of sp³-hybridized carbons (Fsp3) is 0.360. The van der Waals surface area contributed by atoms with Crippen molar-refractivity contribution in [2.24, 2.45) is 4.99 Å². The summed E-state index contributed by atoms with van der Waals surface area (Å²) in [7, 11) is 3.11. The summed E-state index contributed by atoms with van der Waals surface area (Å²) in [6.07, 6.45) is 2.25. The van der Waals surface area contributed by atoms with Crippen molar-refractivity contribution >= 4 is 40.3 Å². The molecule has 3 amide bonds. The minimum Gasteiger partial charge on any atom is -0.493 e. The molecule has 2 aromatic rings. The third-order valence-corrected chi connectivity index (χ3v) is 7.04. The number of likely N-dealkylation sites (tertiary alicyclic amines) is 1. The average molecular weight is 497 g/mol. The summed E-state index contributed by atoms with van der Waals surface area (Å²) in [5.74, 6) is 0.385. The van der Waals surface area contributed by atoms with Crippen LogP contribution in [0.5, 0.6) is 11.5 Å². The number of amides is 3. The molecule has 184 valence electrons. The number of carbonyl (C=O) groups is 3. The van der Waals surface area contributed by atoms with Crippen LogP contribution in [0.4, 0.5) is 5.69 Å². The number of benzene rings is 2. The minimum absolute atomic E-state index is 0.0505. The first-order valence-corrected chi connectivity index (χ1v) is 12.3. The first-order valence-electron chi connectivity index (χ1n) is 11.4. The van der Waals surface area contributed by atoms with Crippen LogP contribution in [-0.4, -0.2) is 60.3 Å². The van der Waals surface area contributed by atoms with Gasteiger partial charge in [0.05, 0.1) is 14.2 Å². The van der Waals surface area contributed by atoms with Crippen molar-refractivity contribution in [3.8, 4) is 11.5 Å². The Bertz CT molecular complexity index is 1130. The van der Waals surface area contributed by atoms with Crippen molar-refractivity contribution in [2.75, 3.05) is 32.6 Å². The van der Waals surface area contributed by atoms with E-state index in [0.29, 0.717) is 22.7 Å². The van der Waals surface area contributed by atoms with Gasteiger partial charge < -0.3 is 25.0 Å². The number of carbonyl (C=O) groups excluding carboxylic acids is 3. The lowest BCUT2D eigenvalue weighted by Gasteiger charge is -2.16. The van der Waals surface area contributed by atoms with Crippen molar-refractivity contribution in [2.45, 2.75) is 31.1 Å². The van der Waals surface area contributed by atoms with E-state index < -0.39 is 5.25 Å². The number of methoxy groups -OCH3 is 2. The lowest BCUT2D eigenvalue weighted by molar-refractivity contribution is -0.121. The topological polar surface area (TPSA) is 109 Å². The molecular formula is C25H28N4O5S. The van der Waals surface area contributed by atoms with Crippen LogP contribution < -0.4 is 20.1 Å². The number of ether oxygens (including phenoxy) is 2. The van der Waals surface area contributed by atoms with E-state index in [1.165, 1.54) is 11.8 Å². The van der Waals surface area contributed by atoms with Gasteiger partial charge in [-0.3, -0.25) is 14.4 Å². The van der Waals surface area contributed by atoms with Gasteiger partial charge in [-0.2, -0.15) is 4.99 Å². The predicted octanol–water partition coefficient (Wildman–Crippen LogP) is 3.06. The quantitative estimate of drug-likeness (QED) is 0.578. The molecule has 2 aliphatic rings. The number of rotatable bonds is 8. The monoisotopic (exact) mass is 496 g/mol. The number of para-hydroxylation sites is 1. The Hall–Kier alpha value is -3.53. The molecule has 0 bridgehead atoms. The van der Waals surface area contributed by atoms with E-state index >= 15 is 0 Å². The van der Waals surface area contributed by atoms with E-state index in [2.05, 4.69) is 20.5 Å².